The van der Waals surface area contributed by atoms with E-state index in [1.165, 1.54) is 5.56 Å². The average molecular weight is 393 g/mol. The number of nitrogens with zero attached hydrogens (tertiary/aromatic N) is 4. The van der Waals surface area contributed by atoms with Crippen LogP contribution in [0.25, 0.3) is 11.3 Å². The summed E-state index contributed by atoms with van der Waals surface area (Å²) in [4.78, 5) is 6.59. The molecule has 0 bridgehead atoms. The number of pyridine rings is 1. The largest absolute Gasteiger partial charge is 0.490 e. The Bertz CT molecular complexity index is 983. The summed E-state index contributed by atoms with van der Waals surface area (Å²) in [5.74, 6) is 2.43. The number of hydrogen-bond donors (Lipinski definition) is 1. The highest BCUT2D eigenvalue weighted by molar-refractivity contribution is 5.67. The van der Waals surface area contributed by atoms with E-state index in [0.717, 1.165) is 47.1 Å². The SMILES string of the molecule is CN(C)Cc1ccnc(NCc2cn(C)nc2-c2ccc3c(c2)OCCCO3)c1. The molecule has 0 fully saturated rings. The van der Waals surface area contributed by atoms with Crippen molar-refractivity contribution >= 4 is 5.82 Å². The van der Waals surface area contributed by atoms with Crippen LogP contribution in [0.2, 0.25) is 0 Å². The fraction of sp³-hybridized carbons (Fsp3) is 0.364. The first-order chi connectivity index (χ1) is 14.1. The lowest BCUT2D eigenvalue weighted by atomic mass is 10.1. The van der Waals surface area contributed by atoms with Crippen molar-refractivity contribution in [2.24, 2.45) is 7.05 Å². The fourth-order valence-electron chi connectivity index (χ4n) is 3.44. The van der Waals surface area contributed by atoms with Gasteiger partial charge in [0.1, 0.15) is 5.82 Å². The van der Waals surface area contributed by atoms with E-state index in [1.54, 1.807) is 0 Å². The molecule has 0 spiro atoms. The first-order valence-electron chi connectivity index (χ1n) is 9.84. The second-order valence-electron chi connectivity index (χ2n) is 7.53. The van der Waals surface area contributed by atoms with Gasteiger partial charge in [-0.2, -0.15) is 5.10 Å². The zero-order valence-corrected chi connectivity index (χ0v) is 17.2. The van der Waals surface area contributed by atoms with Crippen LogP contribution in [0.15, 0.2) is 42.7 Å². The van der Waals surface area contributed by atoms with Gasteiger partial charge in [0.2, 0.25) is 0 Å². The summed E-state index contributed by atoms with van der Waals surface area (Å²) in [7, 11) is 6.06. The predicted octanol–water partition coefficient (Wildman–Crippen LogP) is 3.32. The van der Waals surface area contributed by atoms with E-state index in [2.05, 4.69) is 40.5 Å². The van der Waals surface area contributed by atoms with Gasteiger partial charge in [-0.3, -0.25) is 4.68 Å². The van der Waals surface area contributed by atoms with Crippen molar-refractivity contribution in [3.63, 3.8) is 0 Å². The number of aryl methyl sites for hydroxylation is 1. The maximum atomic E-state index is 5.84. The number of rotatable bonds is 6. The molecule has 0 saturated carbocycles. The van der Waals surface area contributed by atoms with Gasteiger partial charge in [0.05, 0.1) is 18.9 Å². The summed E-state index contributed by atoms with van der Waals surface area (Å²) >= 11 is 0. The molecule has 3 aromatic rings. The van der Waals surface area contributed by atoms with Crippen molar-refractivity contribution < 1.29 is 9.47 Å². The van der Waals surface area contributed by atoms with E-state index in [4.69, 9.17) is 9.47 Å². The van der Waals surface area contributed by atoms with Crippen LogP contribution in [-0.4, -0.2) is 47.0 Å². The van der Waals surface area contributed by atoms with Crippen LogP contribution < -0.4 is 14.8 Å². The fourth-order valence-corrected chi connectivity index (χ4v) is 3.44. The van der Waals surface area contributed by atoms with Gasteiger partial charge in [-0.05, 0) is 50.0 Å². The van der Waals surface area contributed by atoms with Gasteiger partial charge in [0.25, 0.3) is 0 Å². The number of aromatic nitrogens is 3. The van der Waals surface area contributed by atoms with Gasteiger partial charge in [-0.15, -0.1) is 0 Å². The Labute approximate surface area is 171 Å². The normalized spacial score (nSPS) is 13.4. The molecule has 4 rings (SSSR count). The highest BCUT2D eigenvalue weighted by Crippen LogP contribution is 2.34. The molecule has 152 valence electrons. The molecular weight excluding hydrogens is 366 g/mol. The van der Waals surface area contributed by atoms with Crippen molar-refractivity contribution in [1.29, 1.82) is 0 Å². The van der Waals surface area contributed by atoms with Gasteiger partial charge < -0.3 is 19.7 Å². The number of hydrogen-bond acceptors (Lipinski definition) is 6. The summed E-state index contributed by atoms with van der Waals surface area (Å²) in [6, 6.07) is 10.1. The molecule has 2 aromatic heterocycles. The summed E-state index contributed by atoms with van der Waals surface area (Å²) in [6.07, 6.45) is 4.77. The van der Waals surface area contributed by atoms with E-state index in [0.29, 0.717) is 19.8 Å². The minimum absolute atomic E-state index is 0.635. The predicted molar refractivity (Wildman–Crippen MR) is 113 cm³/mol. The minimum Gasteiger partial charge on any atom is -0.490 e. The zero-order chi connectivity index (χ0) is 20.2. The van der Waals surface area contributed by atoms with Crippen LogP contribution in [0.4, 0.5) is 5.82 Å². The topological polar surface area (TPSA) is 64.4 Å². The molecule has 1 aliphatic rings. The highest BCUT2D eigenvalue weighted by Gasteiger charge is 2.15. The quantitative estimate of drug-likeness (QED) is 0.693. The van der Waals surface area contributed by atoms with E-state index < -0.39 is 0 Å². The Hall–Kier alpha value is -3.06. The Kier molecular flexibility index (Phi) is 5.67. The molecule has 3 heterocycles. The van der Waals surface area contributed by atoms with Gasteiger partial charge >= 0.3 is 0 Å². The molecule has 29 heavy (non-hydrogen) atoms. The van der Waals surface area contributed by atoms with E-state index in [-0.39, 0.29) is 0 Å². The average Bonchev–Trinajstić information content (AvgIpc) is 2.91. The second-order valence-corrected chi connectivity index (χ2v) is 7.53. The molecule has 7 nitrogen and oxygen atoms in total. The third kappa shape index (κ3) is 4.68. The lowest BCUT2D eigenvalue weighted by molar-refractivity contribution is 0.297. The van der Waals surface area contributed by atoms with Crippen LogP contribution in [0, 0.1) is 0 Å². The lowest BCUT2D eigenvalue weighted by Crippen LogP contribution is -2.11. The van der Waals surface area contributed by atoms with Crippen molar-refractivity contribution in [2.45, 2.75) is 19.5 Å². The molecule has 0 amide bonds. The molecule has 0 aliphatic carbocycles. The van der Waals surface area contributed by atoms with Crippen molar-refractivity contribution in [3.8, 4) is 22.8 Å². The smallest absolute Gasteiger partial charge is 0.161 e. The van der Waals surface area contributed by atoms with Crippen LogP contribution >= 0.6 is 0 Å². The standard InChI is InChI=1S/C22H27N5O2/c1-26(2)14-16-7-8-23-21(11-16)24-13-18-15-27(3)25-22(18)17-5-6-19-20(12-17)29-10-4-9-28-19/h5-8,11-12,15H,4,9-10,13-14H2,1-3H3,(H,23,24). The number of nitrogens with one attached hydrogen (secondary N) is 1. The van der Waals surface area contributed by atoms with Gasteiger partial charge in [-0.1, -0.05) is 0 Å². The summed E-state index contributed by atoms with van der Waals surface area (Å²) < 4.78 is 13.4. The molecular formula is C22H27N5O2. The van der Waals surface area contributed by atoms with Crippen LogP contribution in [0.3, 0.4) is 0 Å². The maximum Gasteiger partial charge on any atom is 0.161 e. The molecule has 0 saturated heterocycles. The highest BCUT2D eigenvalue weighted by atomic mass is 16.5. The molecule has 0 radical (unpaired) electrons. The Morgan fingerprint density at radius 2 is 1.93 bits per heavy atom. The number of ether oxygens (including phenoxy) is 2. The maximum absolute atomic E-state index is 5.84. The van der Waals surface area contributed by atoms with Crippen LogP contribution in [-0.2, 0) is 20.1 Å². The van der Waals surface area contributed by atoms with Gasteiger partial charge in [0.15, 0.2) is 11.5 Å². The Balaban J connectivity index is 1.54. The van der Waals surface area contributed by atoms with Crippen molar-refractivity contribution in [1.82, 2.24) is 19.7 Å². The monoisotopic (exact) mass is 393 g/mol. The van der Waals surface area contributed by atoms with Crippen LogP contribution in [0.1, 0.15) is 17.5 Å². The molecule has 0 unspecified atom stereocenters. The lowest BCUT2D eigenvalue weighted by Gasteiger charge is -2.12. The minimum atomic E-state index is 0.635. The number of fused-ring (bicyclic) bond motifs is 1. The second kappa shape index (κ2) is 8.53. The first-order valence-corrected chi connectivity index (χ1v) is 9.84. The van der Waals surface area contributed by atoms with E-state index in [9.17, 15) is 0 Å². The van der Waals surface area contributed by atoms with E-state index in [1.807, 2.05) is 48.4 Å². The van der Waals surface area contributed by atoms with Gasteiger partial charge in [0, 0.05) is 50.1 Å². The Morgan fingerprint density at radius 1 is 1.10 bits per heavy atom. The number of anilines is 1. The Morgan fingerprint density at radius 3 is 2.76 bits per heavy atom. The molecule has 1 aromatic carbocycles. The summed E-state index contributed by atoms with van der Waals surface area (Å²) in [5.41, 5.74) is 4.27. The molecule has 7 heteroatoms. The third-order valence-electron chi connectivity index (χ3n) is 4.71. The third-order valence-corrected chi connectivity index (χ3v) is 4.71. The van der Waals surface area contributed by atoms with E-state index >= 15 is 0 Å². The van der Waals surface area contributed by atoms with Crippen molar-refractivity contribution in [3.05, 3.63) is 53.9 Å². The summed E-state index contributed by atoms with van der Waals surface area (Å²) in [5, 5.41) is 8.11. The number of benzene rings is 1. The van der Waals surface area contributed by atoms with Crippen molar-refractivity contribution in [2.75, 3.05) is 32.6 Å². The van der Waals surface area contributed by atoms with Gasteiger partial charge in [-0.25, -0.2) is 4.98 Å². The molecule has 0 atom stereocenters. The molecule has 1 N–H and O–H groups in total. The van der Waals surface area contributed by atoms with Crippen LogP contribution in [0.5, 0.6) is 11.5 Å². The summed E-state index contributed by atoms with van der Waals surface area (Å²) in [6.45, 7) is 2.87. The first kappa shape index (κ1) is 19.3. The molecule has 1 aliphatic heterocycles. The zero-order valence-electron chi connectivity index (χ0n) is 17.2.